The van der Waals surface area contributed by atoms with Gasteiger partial charge in [-0.05, 0) is 31.0 Å². The van der Waals surface area contributed by atoms with Gasteiger partial charge in [0.2, 0.25) is 5.91 Å². The molecule has 1 aromatic rings. The molecule has 2 rings (SSSR count). The minimum atomic E-state index is -2.93. The van der Waals surface area contributed by atoms with Crippen LogP contribution in [0.1, 0.15) is 23.2 Å². The molecule has 6 heteroatoms. The Labute approximate surface area is 106 Å². The Morgan fingerprint density at radius 1 is 1.39 bits per heavy atom. The van der Waals surface area contributed by atoms with Crippen molar-refractivity contribution in [3.05, 3.63) is 29.8 Å². The molecule has 98 valence electrons. The van der Waals surface area contributed by atoms with Crippen LogP contribution >= 0.6 is 0 Å². The molecule has 1 aliphatic heterocycles. The average molecular weight is 268 g/mol. The highest BCUT2D eigenvalue weighted by molar-refractivity contribution is 7.91. The first-order valence-electron chi connectivity index (χ1n) is 5.83. The van der Waals surface area contributed by atoms with Gasteiger partial charge >= 0.3 is 0 Å². The van der Waals surface area contributed by atoms with E-state index in [1.54, 1.807) is 24.3 Å². The van der Waals surface area contributed by atoms with Crippen LogP contribution < -0.4 is 11.1 Å². The molecule has 1 aliphatic rings. The molecule has 5 nitrogen and oxygen atoms in total. The van der Waals surface area contributed by atoms with E-state index < -0.39 is 15.7 Å². The van der Waals surface area contributed by atoms with Crippen molar-refractivity contribution in [2.75, 3.05) is 16.8 Å². The number of sulfone groups is 1. The van der Waals surface area contributed by atoms with Gasteiger partial charge in [-0.15, -0.1) is 0 Å². The molecule has 1 aromatic carbocycles. The summed E-state index contributed by atoms with van der Waals surface area (Å²) in [6, 6.07) is 6.70. The van der Waals surface area contributed by atoms with Gasteiger partial charge in [-0.1, -0.05) is 6.07 Å². The van der Waals surface area contributed by atoms with Gasteiger partial charge in [0.15, 0.2) is 9.84 Å². The van der Waals surface area contributed by atoms with Gasteiger partial charge in [0.25, 0.3) is 0 Å². The minimum absolute atomic E-state index is 0.0909. The molecule has 0 radical (unpaired) electrons. The van der Waals surface area contributed by atoms with E-state index in [0.29, 0.717) is 12.0 Å². The first-order chi connectivity index (χ1) is 8.46. The fourth-order valence-corrected chi connectivity index (χ4v) is 3.77. The van der Waals surface area contributed by atoms with Gasteiger partial charge in [0.1, 0.15) is 0 Å². The van der Waals surface area contributed by atoms with Crippen molar-refractivity contribution < 1.29 is 13.2 Å². The Kier molecular flexibility index (Phi) is 3.56. The smallest absolute Gasteiger partial charge is 0.248 e. The monoisotopic (exact) mass is 268 g/mol. The fraction of sp³-hybridized carbons (Fsp3) is 0.417. The molecule has 0 bridgehead atoms. The summed E-state index contributed by atoms with van der Waals surface area (Å²) in [5, 5.41) is 3.14. The second-order valence-corrected chi connectivity index (χ2v) is 6.77. The van der Waals surface area contributed by atoms with Gasteiger partial charge in [0, 0.05) is 17.3 Å². The molecular weight excluding hydrogens is 252 g/mol. The number of anilines is 1. The average Bonchev–Trinajstić information content (AvgIpc) is 2.28. The van der Waals surface area contributed by atoms with Gasteiger partial charge in [-0.3, -0.25) is 4.79 Å². The number of hydrogen-bond donors (Lipinski definition) is 2. The third kappa shape index (κ3) is 3.22. The summed E-state index contributed by atoms with van der Waals surface area (Å²) in [4.78, 5) is 11.0. The lowest BCUT2D eigenvalue weighted by atomic mass is 10.1. The number of rotatable bonds is 3. The second-order valence-electron chi connectivity index (χ2n) is 4.54. The summed E-state index contributed by atoms with van der Waals surface area (Å²) >= 11 is 0. The zero-order valence-electron chi connectivity index (χ0n) is 9.93. The Balaban J connectivity index is 2.09. The van der Waals surface area contributed by atoms with Crippen LogP contribution in [0.2, 0.25) is 0 Å². The Hall–Kier alpha value is -1.56. The molecule has 1 atom stereocenters. The Bertz CT molecular complexity index is 554. The maximum Gasteiger partial charge on any atom is 0.248 e. The van der Waals surface area contributed by atoms with Gasteiger partial charge in [-0.25, -0.2) is 8.42 Å². The second kappa shape index (κ2) is 4.97. The number of amides is 1. The van der Waals surface area contributed by atoms with Crippen LogP contribution in [0, 0.1) is 0 Å². The van der Waals surface area contributed by atoms with E-state index in [-0.39, 0.29) is 17.5 Å². The van der Waals surface area contributed by atoms with Crippen LogP contribution in [-0.4, -0.2) is 31.9 Å². The van der Waals surface area contributed by atoms with E-state index >= 15 is 0 Å². The number of primary amides is 1. The Morgan fingerprint density at radius 3 is 2.83 bits per heavy atom. The van der Waals surface area contributed by atoms with Crippen molar-refractivity contribution in [1.29, 1.82) is 0 Å². The summed E-state index contributed by atoms with van der Waals surface area (Å²) in [6.07, 6.45) is 1.50. The SMILES string of the molecule is NC(=O)c1cccc(NC2CCCS(=O)(=O)C2)c1. The topological polar surface area (TPSA) is 89.3 Å². The maximum absolute atomic E-state index is 11.5. The van der Waals surface area contributed by atoms with Crippen molar-refractivity contribution in [3.8, 4) is 0 Å². The van der Waals surface area contributed by atoms with Crippen LogP contribution in [-0.2, 0) is 9.84 Å². The summed E-state index contributed by atoms with van der Waals surface area (Å²) in [5.74, 6) is -0.0738. The van der Waals surface area contributed by atoms with Gasteiger partial charge in [-0.2, -0.15) is 0 Å². The van der Waals surface area contributed by atoms with E-state index in [1.807, 2.05) is 0 Å². The van der Waals surface area contributed by atoms with Crippen LogP contribution in [0.4, 0.5) is 5.69 Å². The fourth-order valence-electron chi connectivity index (χ4n) is 2.13. The molecular formula is C12H16N2O3S. The lowest BCUT2D eigenvalue weighted by Gasteiger charge is -2.24. The molecule has 0 saturated carbocycles. The zero-order chi connectivity index (χ0) is 13.2. The van der Waals surface area contributed by atoms with Crippen molar-refractivity contribution >= 4 is 21.4 Å². The van der Waals surface area contributed by atoms with E-state index in [4.69, 9.17) is 5.73 Å². The van der Waals surface area contributed by atoms with Crippen LogP contribution in [0.15, 0.2) is 24.3 Å². The number of benzene rings is 1. The molecule has 1 heterocycles. The van der Waals surface area contributed by atoms with Crippen molar-refractivity contribution in [1.82, 2.24) is 0 Å². The lowest BCUT2D eigenvalue weighted by Crippen LogP contribution is -2.34. The standard InChI is InChI=1S/C12H16N2O3S/c13-12(15)9-3-1-4-10(7-9)14-11-5-2-6-18(16,17)8-11/h1,3-4,7,11,14H,2,5-6,8H2,(H2,13,15). The minimum Gasteiger partial charge on any atom is -0.381 e. The van der Waals surface area contributed by atoms with E-state index in [9.17, 15) is 13.2 Å². The highest BCUT2D eigenvalue weighted by Gasteiger charge is 2.24. The number of hydrogen-bond acceptors (Lipinski definition) is 4. The number of carbonyl (C=O) groups is 1. The lowest BCUT2D eigenvalue weighted by molar-refractivity contribution is 0.100. The zero-order valence-corrected chi connectivity index (χ0v) is 10.7. The highest BCUT2D eigenvalue weighted by atomic mass is 32.2. The molecule has 1 unspecified atom stereocenters. The third-order valence-electron chi connectivity index (χ3n) is 2.98. The number of nitrogens with one attached hydrogen (secondary N) is 1. The molecule has 0 aromatic heterocycles. The largest absolute Gasteiger partial charge is 0.381 e. The van der Waals surface area contributed by atoms with Gasteiger partial charge in [0.05, 0.1) is 11.5 Å². The van der Waals surface area contributed by atoms with Crippen molar-refractivity contribution in [2.45, 2.75) is 18.9 Å². The van der Waals surface area contributed by atoms with Crippen LogP contribution in [0.5, 0.6) is 0 Å². The summed E-state index contributed by atoms with van der Waals surface area (Å²) in [7, 11) is -2.93. The number of nitrogens with two attached hydrogens (primary N) is 1. The van der Waals surface area contributed by atoms with E-state index in [1.165, 1.54) is 0 Å². The predicted molar refractivity (Wildman–Crippen MR) is 70.3 cm³/mol. The molecule has 0 aliphatic carbocycles. The first kappa shape index (κ1) is 12.9. The maximum atomic E-state index is 11.5. The normalized spacial score (nSPS) is 22.3. The first-order valence-corrected chi connectivity index (χ1v) is 7.65. The molecule has 1 amide bonds. The summed E-state index contributed by atoms with van der Waals surface area (Å²) in [6.45, 7) is 0. The number of carbonyl (C=O) groups excluding carboxylic acids is 1. The van der Waals surface area contributed by atoms with Crippen molar-refractivity contribution in [2.24, 2.45) is 5.73 Å². The molecule has 18 heavy (non-hydrogen) atoms. The summed E-state index contributed by atoms with van der Waals surface area (Å²) < 4.78 is 23.0. The molecule has 1 saturated heterocycles. The Morgan fingerprint density at radius 2 is 2.17 bits per heavy atom. The van der Waals surface area contributed by atoms with Crippen LogP contribution in [0.3, 0.4) is 0 Å². The summed E-state index contributed by atoms with van der Waals surface area (Å²) in [5.41, 5.74) is 6.34. The molecule has 0 spiro atoms. The van der Waals surface area contributed by atoms with Crippen LogP contribution in [0.25, 0.3) is 0 Å². The van der Waals surface area contributed by atoms with Gasteiger partial charge < -0.3 is 11.1 Å². The molecule has 1 fully saturated rings. The highest BCUT2D eigenvalue weighted by Crippen LogP contribution is 2.18. The molecule has 3 N–H and O–H groups in total. The van der Waals surface area contributed by atoms with E-state index in [2.05, 4.69) is 5.32 Å². The predicted octanol–water partition coefficient (Wildman–Crippen LogP) is 0.775. The third-order valence-corrected chi connectivity index (χ3v) is 4.80. The quantitative estimate of drug-likeness (QED) is 0.847. The van der Waals surface area contributed by atoms with E-state index in [0.717, 1.165) is 12.1 Å². The van der Waals surface area contributed by atoms with Crippen molar-refractivity contribution in [3.63, 3.8) is 0 Å².